The average molecular weight is 248 g/mol. The Labute approximate surface area is 110 Å². The number of methoxy groups -OCH3 is 1. The number of carbonyl (C=O) groups excluding carboxylic acids is 1. The zero-order chi connectivity index (χ0) is 13.5. The minimum Gasteiger partial charge on any atom is -0.465 e. The Morgan fingerprint density at radius 2 is 1.72 bits per heavy atom. The molecule has 0 spiro atoms. The molecular weight excluding hydrogens is 224 g/mol. The molecule has 1 atom stereocenters. The van der Waals surface area contributed by atoms with E-state index in [0.29, 0.717) is 11.5 Å². The number of ether oxygens (including phenoxy) is 1. The minimum atomic E-state index is -0.269. The van der Waals surface area contributed by atoms with Crippen LogP contribution in [0.3, 0.4) is 0 Å². The zero-order valence-corrected chi connectivity index (χ0v) is 11.9. The first-order valence-electron chi connectivity index (χ1n) is 6.73. The Bertz CT molecular complexity index is 365. The molecule has 0 aromatic heterocycles. The summed E-state index contributed by atoms with van der Waals surface area (Å²) in [5.41, 5.74) is 1.92. The van der Waals surface area contributed by atoms with Gasteiger partial charge in [0.15, 0.2) is 0 Å². The maximum atomic E-state index is 11.3. The number of benzene rings is 1. The molecule has 0 bridgehead atoms. The van der Waals surface area contributed by atoms with E-state index in [4.69, 9.17) is 0 Å². The van der Waals surface area contributed by atoms with Crippen molar-refractivity contribution >= 4 is 5.97 Å². The molecule has 0 heterocycles. The summed E-state index contributed by atoms with van der Waals surface area (Å²) in [6.07, 6.45) is 3.75. The first kappa shape index (κ1) is 14.7. The van der Waals surface area contributed by atoms with Crippen molar-refractivity contribution in [3.05, 3.63) is 35.4 Å². The molecule has 0 aliphatic rings. The molecule has 0 aliphatic carbocycles. The van der Waals surface area contributed by atoms with Crippen LogP contribution in [-0.2, 0) is 4.74 Å². The van der Waals surface area contributed by atoms with Crippen molar-refractivity contribution in [1.82, 2.24) is 0 Å². The maximum Gasteiger partial charge on any atom is 0.337 e. The normalized spacial score (nSPS) is 12.5. The lowest BCUT2D eigenvalue weighted by molar-refractivity contribution is 0.0600. The van der Waals surface area contributed by atoms with E-state index < -0.39 is 0 Å². The summed E-state index contributed by atoms with van der Waals surface area (Å²) in [7, 11) is 1.41. The molecule has 18 heavy (non-hydrogen) atoms. The molecule has 0 fully saturated rings. The fourth-order valence-corrected chi connectivity index (χ4v) is 2.06. The smallest absolute Gasteiger partial charge is 0.337 e. The largest absolute Gasteiger partial charge is 0.465 e. The van der Waals surface area contributed by atoms with Crippen LogP contribution >= 0.6 is 0 Å². The molecule has 0 radical (unpaired) electrons. The van der Waals surface area contributed by atoms with Gasteiger partial charge >= 0.3 is 5.97 Å². The van der Waals surface area contributed by atoms with Crippen molar-refractivity contribution in [1.29, 1.82) is 0 Å². The van der Waals surface area contributed by atoms with Crippen molar-refractivity contribution in [2.24, 2.45) is 5.92 Å². The topological polar surface area (TPSA) is 26.3 Å². The number of esters is 1. The second-order valence-electron chi connectivity index (χ2n) is 5.34. The van der Waals surface area contributed by atoms with E-state index >= 15 is 0 Å². The van der Waals surface area contributed by atoms with Crippen LogP contribution in [0, 0.1) is 5.92 Å². The molecule has 0 N–H and O–H groups in total. The van der Waals surface area contributed by atoms with Crippen molar-refractivity contribution in [3.8, 4) is 0 Å². The average Bonchev–Trinajstić information content (AvgIpc) is 2.37. The van der Waals surface area contributed by atoms with E-state index in [1.165, 1.54) is 31.9 Å². The van der Waals surface area contributed by atoms with Gasteiger partial charge in [0.05, 0.1) is 12.7 Å². The van der Waals surface area contributed by atoms with Gasteiger partial charge in [0.25, 0.3) is 0 Å². The minimum absolute atomic E-state index is 0.269. The molecule has 1 rings (SSSR count). The summed E-state index contributed by atoms with van der Waals surface area (Å²) in [4.78, 5) is 11.3. The van der Waals surface area contributed by atoms with Gasteiger partial charge in [0, 0.05) is 0 Å². The summed E-state index contributed by atoms with van der Waals surface area (Å²) in [5.74, 6) is 1.06. The molecule has 0 saturated carbocycles. The van der Waals surface area contributed by atoms with Crippen LogP contribution in [0.1, 0.15) is 61.9 Å². The summed E-state index contributed by atoms with van der Waals surface area (Å²) in [6, 6.07) is 7.76. The number of rotatable bonds is 6. The molecule has 2 nitrogen and oxygen atoms in total. The lowest BCUT2D eigenvalue weighted by Crippen LogP contribution is -2.02. The van der Waals surface area contributed by atoms with E-state index in [9.17, 15) is 4.79 Å². The Kier molecular flexibility index (Phi) is 5.90. The summed E-state index contributed by atoms with van der Waals surface area (Å²) in [6.45, 7) is 6.76. The lowest BCUT2D eigenvalue weighted by atomic mass is 9.93. The van der Waals surface area contributed by atoms with Gasteiger partial charge in [-0.3, -0.25) is 0 Å². The second-order valence-corrected chi connectivity index (χ2v) is 5.34. The van der Waals surface area contributed by atoms with Crippen molar-refractivity contribution in [2.75, 3.05) is 7.11 Å². The highest BCUT2D eigenvalue weighted by Gasteiger charge is 2.08. The standard InChI is InChI=1S/C16H24O2/c1-12(2)6-5-7-13(3)14-8-10-15(11-9-14)16(17)18-4/h8-13H,5-7H2,1-4H3. The van der Waals surface area contributed by atoms with Gasteiger partial charge in [-0.15, -0.1) is 0 Å². The molecular formula is C16H24O2. The van der Waals surface area contributed by atoms with E-state index in [1.54, 1.807) is 0 Å². The second kappa shape index (κ2) is 7.20. The third kappa shape index (κ3) is 4.52. The highest BCUT2D eigenvalue weighted by atomic mass is 16.5. The number of hydrogen-bond donors (Lipinski definition) is 0. The molecule has 100 valence electrons. The fraction of sp³-hybridized carbons (Fsp3) is 0.562. The van der Waals surface area contributed by atoms with Gasteiger partial charge in [0.2, 0.25) is 0 Å². The molecule has 0 amide bonds. The van der Waals surface area contributed by atoms with Crippen LogP contribution in [0.2, 0.25) is 0 Å². The molecule has 2 heteroatoms. The van der Waals surface area contributed by atoms with Gasteiger partial charge in [-0.05, 0) is 36.0 Å². The third-order valence-corrected chi connectivity index (χ3v) is 3.32. The Hall–Kier alpha value is -1.31. The Balaban J connectivity index is 2.53. The summed E-state index contributed by atoms with van der Waals surface area (Å²) >= 11 is 0. The Morgan fingerprint density at radius 1 is 1.11 bits per heavy atom. The van der Waals surface area contributed by atoms with Gasteiger partial charge in [-0.25, -0.2) is 4.79 Å². The first-order chi connectivity index (χ1) is 8.54. The summed E-state index contributed by atoms with van der Waals surface area (Å²) in [5, 5.41) is 0. The molecule has 0 aliphatic heterocycles. The number of hydrogen-bond acceptors (Lipinski definition) is 2. The van der Waals surface area contributed by atoms with Crippen molar-refractivity contribution in [3.63, 3.8) is 0 Å². The maximum absolute atomic E-state index is 11.3. The quantitative estimate of drug-likeness (QED) is 0.697. The van der Waals surface area contributed by atoms with Crippen LogP contribution in [-0.4, -0.2) is 13.1 Å². The predicted molar refractivity (Wildman–Crippen MR) is 74.9 cm³/mol. The van der Waals surface area contributed by atoms with E-state index in [2.05, 4.69) is 25.5 Å². The SMILES string of the molecule is COC(=O)c1ccc(C(C)CCCC(C)C)cc1. The van der Waals surface area contributed by atoms with Gasteiger partial charge in [0.1, 0.15) is 0 Å². The van der Waals surface area contributed by atoms with E-state index in [0.717, 1.165) is 5.92 Å². The molecule has 1 aromatic rings. The molecule has 1 unspecified atom stereocenters. The van der Waals surface area contributed by atoms with Gasteiger partial charge < -0.3 is 4.74 Å². The van der Waals surface area contributed by atoms with E-state index in [1.807, 2.05) is 24.3 Å². The van der Waals surface area contributed by atoms with Crippen molar-refractivity contribution in [2.45, 2.75) is 46.0 Å². The summed E-state index contributed by atoms with van der Waals surface area (Å²) < 4.78 is 4.69. The van der Waals surface area contributed by atoms with Crippen molar-refractivity contribution < 1.29 is 9.53 Å². The third-order valence-electron chi connectivity index (χ3n) is 3.32. The molecule has 1 aromatic carbocycles. The van der Waals surface area contributed by atoms with Gasteiger partial charge in [-0.1, -0.05) is 45.7 Å². The Morgan fingerprint density at radius 3 is 2.22 bits per heavy atom. The van der Waals surface area contributed by atoms with E-state index in [-0.39, 0.29) is 5.97 Å². The van der Waals surface area contributed by atoms with Gasteiger partial charge in [-0.2, -0.15) is 0 Å². The predicted octanol–water partition coefficient (Wildman–Crippen LogP) is 4.40. The lowest BCUT2D eigenvalue weighted by Gasteiger charge is -2.13. The van der Waals surface area contributed by atoms with Crippen LogP contribution < -0.4 is 0 Å². The molecule has 0 saturated heterocycles. The van der Waals surface area contributed by atoms with Crippen LogP contribution in [0.4, 0.5) is 0 Å². The van der Waals surface area contributed by atoms with Crippen LogP contribution in [0.5, 0.6) is 0 Å². The highest BCUT2D eigenvalue weighted by Crippen LogP contribution is 2.23. The highest BCUT2D eigenvalue weighted by molar-refractivity contribution is 5.89. The number of carbonyl (C=O) groups is 1. The monoisotopic (exact) mass is 248 g/mol. The van der Waals surface area contributed by atoms with Crippen LogP contribution in [0.15, 0.2) is 24.3 Å². The van der Waals surface area contributed by atoms with Crippen LogP contribution in [0.25, 0.3) is 0 Å². The fourth-order valence-electron chi connectivity index (χ4n) is 2.06. The zero-order valence-electron chi connectivity index (χ0n) is 11.9. The first-order valence-corrected chi connectivity index (χ1v) is 6.73.